The molecule has 3 N–H and O–H groups in total. The molecule has 0 aliphatic rings. The SMILES string of the molecule is CCCCOC(=O)OC(C)C(C)C(c1ccc(OC(=O)CCCC)c(OC(=O)CCCC)c1)[C@H](N)C(=O)O. The Labute approximate surface area is 225 Å². The van der Waals surface area contributed by atoms with Crippen LogP contribution in [0.25, 0.3) is 0 Å². The predicted octanol–water partition coefficient (Wildman–Crippen LogP) is 5.35. The molecule has 0 fully saturated rings. The molecular formula is C28H43NO9. The Bertz CT molecular complexity index is 918. The number of esters is 2. The molecule has 1 rings (SSSR count). The molecule has 1 aromatic carbocycles. The molecule has 3 unspecified atom stereocenters. The third-order valence-corrected chi connectivity index (χ3v) is 6.25. The van der Waals surface area contributed by atoms with Gasteiger partial charge in [-0.3, -0.25) is 14.4 Å². The smallest absolute Gasteiger partial charge is 0.480 e. The van der Waals surface area contributed by atoms with Crippen LogP contribution in [0.2, 0.25) is 0 Å². The van der Waals surface area contributed by atoms with Crippen LogP contribution in [0.5, 0.6) is 11.5 Å². The largest absolute Gasteiger partial charge is 0.508 e. The fourth-order valence-electron chi connectivity index (χ4n) is 3.76. The van der Waals surface area contributed by atoms with Gasteiger partial charge in [0.2, 0.25) is 0 Å². The van der Waals surface area contributed by atoms with E-state index in [1.807, 2.05) is 20.8 Å². The molecule has 0 radical (unpaired) electrons. The van der Waals surface area contributed by atoms with Gasteiger partial charge in [-0.1, -0.05) is 53.0 Å². The molecule has 0 amide bonds. The van der Waals surface area contributed by atoms with E-state index in [0.717, 1.165) is 19.3 Å². The van der Waals surface area contributed by atoms with E-state index in [-0.39, 0.29) is 30.9 Å². The number of carboxylic acid groups (broad SMARTS) is 1. The van der Waals surface area contributed by atoms with Gasteiger partial charge in [0.05, 0.1) is 6.61 Å². The summed E-state index contributed by atoms with van der Waals surface area (Å²) >= 11 is 0. The number of ether oxygens (including phenoxy) is 4. The van der Waals surface area contributed by atoms with Gasteiger partial charge in [-0.2, -0.15) is 0 Å². The molecule has 214 valence electrons. The van der Waals surface area contributed by atoms with Crippen LogP contribution in [0.3, 0.4) is 0 Å². The van der Waals surface area contributed by atoms with Crippen molar-refractivity contribution in [1.82, 2.24) is 0 Å². The Balaban J connectivity index is 3.32. The second kappa shape index (κ2) is 17.4. The number of unbranched alkanes of at least 4 members (excludes halogenated alkanes) is 3. The quantitative estimate of drug-likeness (QED) is 0.151. The van der Waals surface area contributed by atoms with Crippen LogP contribution in [-0.4, -0.2) is 47.9 Å². The first-order chi connectivity index (χ1) is 18.0. The molecule has 10 nitrogen and oxygen atoms in total. The van der Waals surface area contributed by atoms with Gasteiger partial charge in [-0.05, 0) is 43.9 Å². The average Bonchev–Trinajstić information content (AvgIpc) is 2.87. The van der Waals surface area contributed by atoms with Crippen LogP contribution in [-0.2, 0) is 23.9 Å². The van der Waals surface area contributed by atoms with Crippen molar-refractivity contribution < 1.29 is 43.2 Å². The van der Waals surface area contributed by atoms with Gasteiger partial charge in [0.25, 0.3) is 0 Å². The van der Waals surface area contributed by atoms with E-state index in [1.165, 1.54) is 12.1 Å². The summed E-state index contributed by atoms with van der Waals surface area (Å²) in [5, 5.41) is 9.73. The number of rotatable bonds is 17. The van der Waals surface area contributed by atoms with Crippen LogP contribution in [0.15, 0.2) is 18.2 Å². The standard InChI is InChI=1S/C28H43NO9/c1-6-9-12-23(30)37-21-15-14-20(17-22(21)38-24(31)13-10-7-2)25(26(29)27(32)33)18(4)19(5)36-28(34)35-16-11-8-3/h14-15,17-19,25-26H,6-13,16,29H2,1-5H3,(H,32,33)/t18?,19?,25?,26-/m0/s1. The lowest BCUT2D eigenvalue weighted by Gasteiger charge is -2.31. The Kier molecular flexibility index (Phi) is 15.0. The monoisotopic (exact) mass is 537 g/mol. The number of hydrogen-bond acceptors (Lipinski definition) is 9. The van der Waals surface area contributed by atoms with E-state index in [1.54, 1.807) is 19.9 Å². The highest BCUT2D eigenvalue weighted by atomic mass is 16.7. The molecule has 0 saturated carbocycles. The summed E-state index contributed by atoms with van der Waals surface area (Å²) in [5.41, 5.74) is 6.51. The molecular weight excluding hydrogens is 494 g/mol. The van der Waals surface area contributed by atoms with Crippen LogP contribution < -0.4 is 15.2 Å². The Morgan fingerprint density at radius 2 is 1.42 bits per heavy atom. The van der Waals surface area contributed by atoms with Crippen LogP contribution in [0, 0.1) is 5.92 Å². The van der Waals surface area contributed by atoms with Crippen molar-refractivity contribution >= 4 is 24.1 Å². The van der Waals surface area contributed by atoms with Crippen molar-refractivity contribution in [2.75, 3.05) is 6.61 Å². The Morgan fingerprint density at radius 3 is 1.95 bits per heavy atom. The molecule has 0 spiro atoms. The van der Waals surface area contributed by atoms with Crippen molar-refractivity contribution in [3.05, 3.63) is 23.8 Å². The van der Waals surface area contributed by atoms with Crippen molar-refractivity contribution in [1.29, 1.82) is 0 Å². The van der Waals surface area contributed by atoms with Crippen molar-refractivity contribution in [2.45, 2.75) is 104 Å². The number of nitrogens with two attached hydrogens (primary N) is 1. The third-order valence-electron chi connectivity index (χ3n) is 6.25. The second-order valence-corrected chi connectivity index (χ2v) is 9.39. The Hall–Kier alpha value is -3.14. The first-order valence-electron chi connectivity index (χ1n) is 13.4. The van der Waals surface area contributed by atoms with E-state index < -0.39 is 48.0 Å². The molecule has 0 saturated heterocycles. The van der Waals surface area contributed by atoms with E-state index in [2.05, 4.69) is 0 Å². The zero-order valence-electron chi connectivity index (χ0n) is 23.2. The molecule has 0 heterocycles. The first-order valence-corrected chi connectivity index (χ1v) is 13.4. The lowest BCUT2D eigenvalue weighted by atomic mass is 9.79. The van der Waals surface area contributed by atoms with E-state index in [0.29, 0.717) is 24.8 Å². The highest BCUT2D eigenvalue weighted by molar-refractivity contribution is 5.77. The van der Waals surface area contributed by atoms with Gasteiger partial charge < -0.3 is 29.8 Å². The van der Waals surface area contributed by atoms with Gasteiger partial charge >= 0.3 is 24.1 Å². The van der Waals surface area contributed by atoms with Crippen LogP contribution in [0.1, 0.15) is 97.5 Å². The maximum Gasteiger partial charge on any atom is 0.508 e. The lowest BCUT2D eigenvalue weighted by molar-refractivity contribution is -0.140. The number of hydrogen-bond donors (Lipinski definition) is 2. The minimum Gasteiger partial charge on any atom is -0.480 e. The highest BCUT2D eigenvalue weighted by Crippen LogP contribution is 2.37. The summed E-state index contributed by atoms with van der Waals surface area (Å²) in [6.45, 7) is 9.41. The zero-order valence-corrected chi connectivity index (χ0v) is 23.2. The summed E-state index contributed by atoms with van der Waals surface area (Å²) in [4.78, 5) is 48.7. The normalized spacial score (nSPS) is 14.1. The molecule has 0 bridgehead atoms. The highest BCUT2D eigenvalue weighted by Gasteiger charge is 2.36. The first kappa shape index (κ1) is 32.9. The van der Waals surface area contributed by atoms with Crippen molar-refractivity contribution in [3.8, 4) is 11.5 Å². The third kappa shape index (κ3) is 11.1. The average molecular weight is 538 g/mol. The molecule has 4 atom stereocenters. The number of carbonyl (C=O) groups is 4. The van der Waals surface area contributed by atoms with Crippen LogP contribution >= 0.6 is 0 Å². The predicted molar refractivity (Wildman–Crippen MR) is 141 cm³/mol. The van der Waals surface area contributed by atoms with E-state index in [4.69, 9.17) is 24.7 Å². The summed E-state index contributed by atoms with van der Waals surface area (Å²) < 4.78 is 21.4. The molecule has 38 heavy (non-hydrogen) atoms. The van der Waals surface area contributed by atoms with Gasteiger partial charge in [-0.25, -0.2) is 4.79 Å². The van der Waals surface area contributed by atoms with Gasteiger partial charge in [-0.15, -0.1) is 0 Å². The summed E-state index contributed by atoms with van der Waals surface area (Å²) in [6.07, 6.45) is 3.20. The molecule has 0 aliphatic heterocycles. The number of carboxylic acids is 1. The number of carbonyl (C=O) groups excluding carboxylic acids is 3. The molecule has 10 heteroatoms. The summed E-state index contributed by atoms with van der Waals surface area (Å²) in [5.74, 6) is -3.59. The zero-order chi connectivity index (χ0) is 28.7. The maximum atomic E-state index is 12.4. The maximum absolute atomic E-state index is 12.4. The fourth-order valence-corrected chi connectivity index (χ4v) is 3.76. The molecule has 0 aromatic heterocycles. The summed E-state index contributed by atoms with van der Waals surface area (Å²) in [7, 11) is 0. The van der Waals surface area contributed by atoms with Crippen molar-refractivity contribution in [2.24, 2.45) is 11.7 Å². The fraction of sp³-hybridized carbons (Fsp3) is 0.643. The van der Waals surface area contributed by atoms with Gasteiger partial charge in [0, 0.05) is 24.7 Å². The topological polar surface area (TPSA) is 151 Å². The van der Waals surface area contributed by atoms with Gasteiger partial charge in [0.15, 0.2) is 11.5 Å². The minimum atomic E-state index is -1.37. The second-order valence-electron chi connectivity index (χ2n) is 9.39. The Morgan fingerprint density at radius 1 is 0.868 bits per heavy atom. The van der Waals surface area contributed by atoms with Gasteiger partial charge in [0.1, 0.15) is 12.1 Å². The molecule has 1 aromatic rings. The van der Waals surface area contributed by atoms with E-state index >= 15 is 0 Å². The van der Waals surface area contributed by atoms with Crippen molar-refractivity contribution in [3.63, 3.8) is 0 Å². The lowest BCUT2D eigenvalue weighted by Crippen LogP contribution is -2.42. The summed E-state index contributed by atoms with van der Waals surface area (Å²) in [6, 6.07) is 3.12. The number of aliphatic carboxylic acids is 1. The molecule has 0 aliphatic carbocycles. The minimum absolute atomic E-state index is 0.00390. The van der Waals surface area contributed by atoms with E-state index in [9.17, 15) is 24.3 Å². The number of benzene rings is 1. The van der Waals surface area contributed by atoms with Crippen LogP contribution in [0.4, 0.5) is 4.79 Å².